The van der Waals surface area contributed by atoms with Gasteiger partial charge in [-0.2, -0.15) is 4.72 Å². The number of sulfonamides is 1. The molecule has 116 valence electrons. The minimum absolute atomic E-state index is 0.0712. The number of halogens is 1. The number of nitrogens with one attached hydrogen (secondary N) is 1. The van der Waals surface area contributed by atoms with Gasteiger partial charge in [-0.15, -0.1) is 0 Å². The summed E-state index contributed by atoms with van der Waals surface area (Å²) in [6, 6.07) is 1.64. The molecule has 21 heavy (non-hydrogen) atoms. The van der Waals surface area contributed by atoms with Crippen molar-refractivity contribution in [2.45, 2.75) is 10.9 Å². The van der Waals surface area contributed by atoms with E-state index in [1.54, 1.807) is 4.72 Å². The van der Waals surface area contributed by atoms with Gasteiger partial charge < -0.3 is 14.9 Å². The summed E-state index contributed by atoms with van der Waals surface area (Å²) < 4.78 is 30.4. The normalized spacial score (nSPS) is 12.7. The van der Waals surface area contributed by atoms with E-state index in [0.29, 0.717) is 0 Å². The Labute approximate surface area is 125 Å². The zero-order chi connectivity index (χ0) is 16.2. The molecule has 8 nitrogen and oxygen atoms in total. The number of carboxylic acids is 1. The first-order chi connectivity index (χ1) is 9.72. The Kier molecular flexibility index (Phi) is 5.67. The Morgan fingerprint density at radius 2 is 2.05 bits per heavy atom. The van der Waals surface area contributed by atoms with Crippen LogP contribution >= 0.6 is 11.6 Å². The number of carbonyl (C=O) groups is 2. The van der Waals surface area contributed by atoms with Gasteiger partial charge >= 0.3 is 11.9 Å². The van der Waals surface area contributed by atoms with E-state index >= 15 is 0 Å². The van der Waals surface area contributed by atoms with Gasteiger partial charge in [-0.3, -0.25) is 4.79 Å². The average molecular weight is 338 g/mol. The summed E-state index contributed by atoms with van der Waals surface area (Å²) in [5, 5.41) is 17.4. The number of aliphatic hydroxyl groups is 1. The number of carbonyl (C=O) groups excluding carboxylic acids is 1. The van der Waals surface area contributed by atoms with E-state index in [9.17, 15) is 18.0 Å². The molecule has 0 spiro atoms. The highest BCUT2D eigenvalue weighted by molar-refractivity contribution is 7.89. The summed E-state index contributed by atoms with van der Waals surface area (Å²) in [5.74, 6) is -2.33. The maximum absolute atomic E-state index is 12.1. The fourth-order valence-corrected chi connectivity index (χ4v) is 3.08. The van der Waals surface area contributed by atoms with Crippen LogP contribution in [0.25, 0.3) is 0 Å². The molecule has 0 saturated heterocycles. The average Bonchev–Trinajstić information content (AvgIpc) is 2.43. The van der Waals surface area contributed by atoms with Crippen molar-refractivity contribution >= 4 is 33.6 Å². The Balaban J connectivity index is 3.24. The van der Waals surface area contributed by atoms with Crippen molar-refractivity contribution in [3.63, 3.8) is 0 Å². The summed E-state index contributed by atoms with van der Waals surface area (Å²) in [5.41, 5.74) is -0.0712. The SMILES string of the molecule is COC(=O)c1ccc(Cl)c(S(=O)(=O)N[C@@H](CO)C(=O)O)c1. The fraction of sp³-hybridized carbons (Fsp3) is 0.273. The lowest BCUT2D eigenvalue weighted by atomic mass is 10.2. The van der Waals surface area contributed by atoms with Gasteiger partial charge in [0, 0.05) is 0 Å². The highest BCUT2D eigenvalue weighted by atomic mass is 35.5. The number of benzene rings is 1. The number of aliphatic hydroxyl groups excluding tert-OH is 1. The van der Waals surface area contributed by atoms with Crippen LogP contribution in [0, 0.1) is 0 Å². The molecule has 1 aromatic carbocycles. The predicted octanol–water partition coefficient (Wildman–Crippen LogP) is -0.150. The maximum atomic E-state index is 12.1. The second-order valence-corrected chi connectivity index (χ2v) is 5.92. The predicted molar refractivity (Wildman–Crippen MR) is 71.6 cm³/mol. The number of rotatable bonds is 6. The number of hydrogen-bond donors (Lipinski definition) is 3. The first kappa shape index (κ1) is 17.4. The molecule has 0 bridgehead atoms. The molecule has 1 aromatic rings. The molecule has 10 heteroatoms. The van der Waals surface area contributed by atoms with Crippen LogP contribution in [0.3, 0.4) is 0 Å². The summed E-state index contributed by atoms with van der Waals surface area (Å²) in [6.07, 6.45) is 0. The third kappa shape index (κ3) is 4.14. The summed E-state index contributed by atoms with van der Waals surface area (Å²) >= 11 is 5.75. The molecule has 1 rings (SSSR count). The molecule has 0 fully saturated rings. The largest absolute Gasteiger partial charge is 0.480 e. The van der Waals surface area contributed by atoms with Gasteiger partial charge in [-0.05, 0) is 18.2 Å². The van der Waals surface area contributed by atoms with Crippen molar-refractivity contribution in [2.75, 3.05) is 13.7 Å². The van der Waals surface area contributed by atoms with Crippen LogP contribution in [0.2, 0.25) is 5.02 Å². The Bertz CT molecular complexity index is 659. The molecule has 0 aromatic heterocycles. The van der Waals surface area contributed by atoms with Gasteiger partial charge in [0.1, 0.15) is 10.9 Å². The molecule has 0 radical (unpaired) electrons. The monoisotopic (exact) mass is 337 g/mol. The number of aliphatic carboxylic acids is 1. The molecule has 0 unspecified atom stereocenters. The van der Waals surface area contributed by atoms with E-state index < -0.39 is 39.5 Å². The Morgan fingerprint density at radius 3 is 2.52 bits per heavy atom. The molecule has 0 aliphatic heterocycles. The van der Waals surface area contributed by atoms with Gasteiger partial charge in [0.25, 0.3) is 0 Å². The molecule has 0 aliphatic carbocycles. The van der Waals surface area contributed by atoms with Crippen molar-refractivity contribution in [3.8, 4) is 0 Å². The lowest BCUT2D eigenvalue weighted by Gasteiger charge is -2.13. The van der Waals surface area contributed by atoms with E-state index in [0.717, 1.165) is 19.2 Å². The number of methoxy groups -OCH3 is 1. The number of ether oxygens (including phenoxy) is 1. The third-order valence-electron chi connectivity index (χ3n) is 2.42. The zero-order valence-electron chi connectivity index (χ0n) is 10.7. The van der Waals surface area contributed by atoms with Crippen LogP contribution < -0.4 is 4.72 Å². The van der Waals surface area contributed by atoms with Gasteiger partial charge in [0.2, 0.25) is 10.0 Å². The van der Waals surface area contributed by atoms with Crippen LogP contribution in [0.5, 0.6) is 0 Å². The van der Waals surface area contributed by atoms with Crippen LogP contribution in [0.15, 0.2) is 23.1 Å². The number of carboxylic acid groups (broad SMARTS) is 1. The fourth-order valence-electron chi connectivity index (χ4n) is 1.37. The van der Waals surface area contributed by atoms with E-state index in [2.05, 4.69) is 4.74 Å². The van der Waals surface area contributed by atoms with Gasteiger partial charge in [0.05, 0.1) is 24.3 Å². The van der Waals surface area contributed by atoms with Crippen LogP contribution in [0.4, 0.5) is 0 Å². The molecule has 3 N–H and O–H groups in total. The third-order valence-corrected chi connectivity index (χ3v) is 4.37. The van der Waals surface area contributed by atoms with E-state index in [1.165, 1.54) is 6.07 Å². The second-order valence-electron chi connectivity index (χ2n) is 3.83. The first-order valence-electron chi connectivity index (χ1n) is 5.46. The van der Waals surface area contributed by atoms with Crippen molar-refractivity contribution in [3.05, 3.63) is 28.8 Å². The quantitative estimate of drug-likeness (QED) is 0.615. The standard InChI is InChI=1S/C11H12ClNO7S/c1-20-11(17)6-2-3-7(12)9(4-6)21(18,19)13-8(5-14)10(15)16/h2-4,8,13-14H,5H2,1H3,(H,15,16)/t8-/m0/s1. The van der Waals surface area contributed by atoms with Gasteiger partial charge in [0.15, 0.2) is 0 Å². The molecule has 0 aliphatic rings. The molecule has 0 amide bonds. The number of hydrogen-bond acceptors (Lipinski definition) is 6. The smallest absolute Gasteiger partial charge is 0.337 e. The molecular weight excluding hydrogens is 326 g/mol. The van der Waals surface area contributed by atoms with Gasteiger partial charge in [-0.1, -0.05) is 11.6 Å². The van der Waals surface area contributed by atoms with Crippen molar-refractivity contribution in [1.82, 2.24) is 4.72 Å². The lowest BCUT2D eigenvalue weighted by molar-refractivity contribution is -0.139. The minimum Gasteiger partial charge on any atom is -0.480 e. The van der Waals surface area contributed by atoms with Gasteiger partial charge in [-0.25, -0.2) is 13.2 Å². The molecule has 0 heterocycles. The lowest BCUT2D eigenvalue weighted by Crippen LogP contribution is -2.43. The Morgan fingerprint density at radius 1 is 1.43 bits per heavy atom. The zero-order valence-corrected chi connectivity index (χ0v) is 12.3. The van der Waals surface area contributed by atoms with Crippen molar-refractivity contribution in [1.29, 1.82) is 0 Å². The number of esters is 1. The minimum atomic E-state index is -4.34. The van der Waals surface area contributed by atoms with E-state index in [4.69, 9.17) is 21.8 Å². The van der Waals surface area contributed by atoms with E-state index in [1.807, 2.05) is 0 Å². The van der Waals surface area contributed by atoms with Crippen molar-refractivity contribution < 1.29 is 33.0 Å². The van der Waals surface area contributed by atoms with Crippen molar-refractivity contribution in [2.24, 2.45) is 0 Å². The van der Waals surface area contributed by atoms with Crippen LogP contribution in [-0.4, -0.2) is 50.3 Å². The van der Waals surface area contributed by atoms with E-state index in [-0.39, 0.29) is 10.6 Å². The van der Waals surface area contributed by atoms with Crippen LogP contribution in [0.1, 0.15) is 10.4 Å². The highest BCUT2D eigenvalue weighted by Crippen LogP contribution is 2.23. The molecular formula is C11H12ClNO7S. The highest BCUT2D eigenvalue weighted by Gasteiger charge is 2.27. The second kappa shape index (κ2) is 6.85. The molecule has 1 atom stereocenters. The summed E-state index contributed by atoms with van der Waals surface area (Å²) in [6.45, 7) is -0.942. The molecule has 0 saturated carbocycles. The first-order valence-corrected chi connectivity index (χ1v) is 7.33. The Hall–Kier alpha value is -1.68. The summed E-state index contributed by atoms with van der Waals surface area (Å²) in [4.78, 5) is 21.6. The maximum Gasteiger partial charge on any atom is 0.337 e. The van der Waals surface area contributed by atoms with Crippen LogP contribution in [-0.2, 0) is 19.6 Å². The summed E-state index contributed by atoms with van der Waals surface area (Å²) in [7, 11) is -3.22. The topological polar surface area (TPSA) is 130 Å².